The Morgan fingerprint density at radius 2 is 2.09 bits per heavy atom. The quantitative estimate of drug-likeness (QED) is 0.599. The zero-order chi connectivity index (χ0) is 22.7. The Bertz CT molecular complexity index is 1140. The number of nitriles is 1. The van der Waals surface area contributed by atoms with Crippen molar-refractivity contribution in [2.45, 2.75) is 45.6 Å². The predicted octanol–water partition coefficient (Wildman–Crippen LogP) is 4.54. The van der Waals surface area contributed by atoms with Gasteiger partial charge in [0, 0.05) is 48.8 Å². The topological polar surface area (TPSA) is 74.8 Å². The van der Waals surface area contributed by atoms with Gasteiger partial charge in [0.05, 0.1) is 11.3 Å². The predicted molar refractivity (Wildman–Crippen MR) is 124 cm³/mol. The SMILES string of the molecule is Cc1ccc(-c2ccnn2C)c(C(=O)N2CCC[C@@H](C)[C@H]2CCc2ccc(C#N)cn2)c1. The molecule has 4 rings (SSSR count). The van der Waals surface area contributed by atoms with Gasteiger partial charge in [-0.15, -0.1) is 0 Å². The number of aromatic nitrogens is 3. The van der Waals surface area contributed by atoms with E-state index < -0.39 is 0 Å². The second-order valence-corrected chi connectivity index (χ2v) is 8.76. The van der Waals surface area contributed by atoms with Crippen molar-refractivity contribution in [2.75, 3.05) is 6.54 Å². The van der Waals surface area contributed by atoms with Crippen molar-refractivity contribution in [1.29, 1.82) is 5.26 Å². The summed E-state index contributed by atoms with van der Waals surface area (Å²) >= 11 is 0. The number of amides is 1. The minimum absolute atomic E-state index is 0.0919. The molecule has 32 heavy (non-hydrogen) atoms. The van der Waals surface area contributed by atoms with Crippen molar-refractivity contribution in [2.24, 2.45) is 13.0 Å². The van der Waals surface area contributed by atoms with Gasteiger partial charge in [0.2, 0.25) is 0 Å². The van der Waals surface area contributed by atoms with Crippen LogP contribution in [0.5, 0.6) is 0 Å². The van der Waals surface area contributed by atoms with E-state index in [0.29, 0.717) is 11.5 Å². The molecule has 6 nitrogen and oxygen atoms in total. The molecule has 0 N–H and O–H groups in total. The maximum Gasteiger partial charge on any atom is 0.254 e. The van der Waals surface area contributed by atoms with Gasteiger partial charge < -0.3 is 4.90 Å². The van der Waals surface area contributed by atoms with E-state index in [2.05, 4.69) is 28.0 Å². The van der Waals surface area contributed by atoms with Crippen LogP contribution in [-0.4, -0.2) is 38.2 Å². The second kappa shape index (κ2) is 9.35. The molecule has 0 unspecified atom stereocenters. The maximum atomic E-state index is 13.9. The molecule has 1 aliphatic rings. The fourth-order valence-electron chi connectivity index (χ4n) is 4.73. The van der Waals surface area contributed by atoms with Crippen molar-refractivity contribution >= 4 is 5.91 Å². The van der Waals surface area contributed by atoms with Crippen molar-refractivity contribution in [3.63, 3.8) is 0 Å². The lowest BCUT2D eigenvalue weighted by Gasteiger charge is -2.40. The molecule has 1 fully saturated rings. The van der Waals surface area contributed by atoms with Crippen molar-refractivity contribution < 1.29 is 4.79 Å². The summed E-state index contributed by atoms with van der Waals surface area (Å²) in [5.74, 6) is 0.519. The Kier molecular flexibility index (Phi) is 6.36. The summed E-state index contributed by atoms with van der Waals surface area (Å²) in [6.45, 7) is 5.04. The van der Waals surface area contributed by atoms with Crippen LogP contribution in [0.4, 0.5) is 0 Å². The van der Waals surface area contributed by atoms with E-state index in [-0.39, 0.29) is 11.9 Å². The summed E-state index contributed by atoms with van der Waals surface area (Å²) in [7, 11) is 1.90. The van der Waals surface area contributed by atoms with E-state index in [9.17, 15) is 4.79 Å². The third-order valence-electron chi connectivity index (χ3n) is 6.53. The molecule has 0 spiro atoms. The van der Waals surface area contributed by atoms with Crippen LogP contribution in [0.1, 0.15) is 53.4 Å². The van der Waals surface area contributed by atoms with Crippen LogP contribution in [0.3, 0.4) is 0 Å². The normalized spacial score (nSPS) is 18.4. The van der Waals surface area contributed by atoms with E-state index in [4.69, 9.17) is 5.26 Å². The molecule has 3 heterocycles. The van der Waals surface area contributed by atoms with Crippen LogP contribution >= 0.6 is 0 Å². The average molecular weight is 428 g/mol. The minimum atomic E-state index is 0.0919. The van der Waals surface area contributed by atoms with Crippen LogP contribution in [0.25, 0.3) is 11.3 Å². The monoisotopic (exact) mass is 427 g/mol. The van der Waals surface area contributed by atoms with E-state index in [1.54, 1.807) is 12.4 Å². The van der Waals surface area contributed by atoms with E-state index >= 15 is 0 Å². The number of carbonyl (C=O) groups is 1. The molecule has 0 radical (unpaired) electrons. The average Bonchev–Trinajstić information content (AvgIpc) is 3.23. The highest BCUT2D eigenvalue weighted by Gasteiger charge is 2.33. The molecule has 1 saturated heterocycles. The molecule has 0 bridgehead atoms. The highest BCUT2D eigenvalue weighted by molar-refractivity contribution is 6.01. The lowest BCUT2D eigenvalue weighted by Crippen LogP contribution is -2.48. The molecular weight excluding hydrogens is 398 g/mol. The van der Waals surface area contributed by atoms with Gasteiger partial charge in [-0.05, 0) is 62.8 Å². The molecule has 2 atom stereocenters. The molecular formula is C26H29N5O. The molecule has 0 saturated carbocycles. The second-order valence-electron chi connectivity index (χ2n) is 8.76. The number of aryl methyl sites for hydroxylation is 3. The zero-order valence-electron chi connectivity index (χ0n) is 19.0. The molecule has 0 aliphatic carbocycles. The summed E-state index contributed by atoms with van der Waals surface area (Å²) in [6, 6.07) is 14.0. The fraction of sp³-hybridized carbons (Fsp3) is 0.385. The maximum absolute atomic E-state index is 13.9. The number of hydrogen-bond donors (Lipinski definition) is 0. The molecule has 3 aromatic rings. The summed E-state index contributed by atoms with van der Waals surface area (Å²) in [6.07, 6.45) is 7.17. The van der Waals surface area contributed by atoms with Gasteiger partial charge in [0.25, 0.3) is 5.91 Å². The van der Waals surface area contributed by atoms with Crippen molar-refractivity contribution in [1.82, 2.24) is 19.7 Å². The summed E-state index contributed by atoms with van der Waals surface area (Å²) in [5.41, 5.74) is 5.20. The van der Waals surface area contributed by atoms with Gasteiger partial charge in [-0.25, -0.2) is 0 Å². The lowest BCUT2D eigenvalue weighted by atomic mass is 9.86. The minimum Gasteiger partial charge on any atom is -0.335 e. The van der Waals surface area contributed by atoms with Crippen LogP contribution in [-0.2, 0) is 13.5 Å². The lowest BCUT2D eigenvalue weighted by molar-refractivity contribution is 0.0499. The van der Waals surface area contributed by atoms with Gasteiger partial charge in [-0.2, -0.15) is 10.4 Å². The van der Waals surface area contributed by atoms with Crippen LogP contribution in [0.15, 0.2) is 48.8 Å². The number of pyridine rings is 1. The van der Waals surface area contributed by atoms with Gasteiger partial charge in [-0.3, -0.25) is 14.5 Å². The molecule has 1 aliphatic heterocycles. The molecule has 1 aromatic carbocycles. The van der Waals surface area contributed by atoms with Gasteiger partial charge in [0.1, 0.15) is 6.07 Å². The number of carbonyl (C=O) groups excluding carboxylic acids is 1. The molecule has 6 heteroatoms. The Balaban J connectivity index is 1.60. The number of rotatable bonds is 5. The van der Waals surface area contributed by atoms with Crippen LogP contribution in [0.2, 0.25) is 0 Å². The number of benzene rings is 1. The van der Waals surface area contributed by atoms with Gasteiger partial charge in [0.15, 0.2) is 0 Å². The molecule has 2 aromatic heterocycles. The van der Waals surface area contributed by atoms with Crippen molar-refractivity contribution in [3.8, 4) is 17.3 Å². The first-order chi connectivity index (χ1) is 15.5. The summed E-state index contributed by atoms with van der Waals surface area (Å²) in [5, 5.41) is 13.3. The number of hydrogen-bond acceptors (Lipinski definition) is 4. The zero-order valence-corrected chi connectivity index (χ0v) is 19.0. The third-order valence-corrected chi connectivity index (χ3v) is 6.53. The smallest absolute Gasteiger partial charge is 0.254 e. The van der Waals surface area contributed by atoms with Gasteiger partial charge in [-0.1, -0.05) is 24.6 Å². The number of piperidine rings is 1. The first-order valence-electron chi connectivity index (χ1n) is 11.2. The van der Waals surface area contributed by atoms with Gasteiger partial charge >= 0.3 is 0 Å². The van der Waals surface area contributed by atoms with E-state index in [1.807, 2.05) is 55.1 Å². The third kappa shape index (κ3) is 4.43. The number of nitrogens with zero attached hydrogens (tertiary/aromatic N) is 5. The van der Waals surface area contributed by atoms with Crippen LogP contribution in [0, 0.1) is 24.2 Å². The standard InChI is InChI=1S/C26H29N5O/c1-18-6-10-22(25-12-13-29-30(25)3)23(15-18)26(32)31-14-4-5-19(2)24(31)11-9-21-8-7-20(16-27)17-28-21/h6-8,10,12-13,15,17,19,24H,4-5,9,11,14H2,1-3H3/t19-,24-/m1/s1. The Labute approximate surface area is 189 Å². The molecule has 1 amide bonds. The first-order valence-corrected chi connectivity index (χ1v) is 11.2. The Hall–Kier alpha value is -3.46. The van der Waals surface area contributed by atoms with E-state index in [1.165, 1.54) is 0 Å². The van der Waals surface area contributed by atoms with Crippen molar-refractivity contribution in [3.05, 3.63) is 71.2 Å². The Morgan fingerprint density at radius 3 is 2.78 bits per heavy atom. The van der Waals surface area contributed by atoms with Crippen LogP contribution < -0.4 is 0 Å². The summed E-state index contributed by atoms with van der Waals surface area (Å²) < 4.78 is 1.81. The largest absolute Gasteiger partial charge is 0.335 e. The summed E-state index contributed by atoms with van der Waals surface area (Å²) in [4.78, 5) is 20.4. The molecule has 164 valence electrons. The van der Waals surface area contributed by atoms with E-state index in [0.717, 1.165) is 60.3 Å². The highest BCUT2D eigenvalue weighted by atomic mass is 16.2. The first kappa shape index (κ1) is 21.8. The Morgan fingerprint density at radius 1 is 1.25 bits per heavy atom. The highest BCUT2D eigenvalue weighted by Crippen LogP contribution is 2.31. The number of likely N-dealkylation sites (tertiary alicyclic amines) is 1. The fourth-order valence-corrected chi connectivity index (χ4v) is 4.73.